The van der Waals surface area contributed by atoms with Gasteiger partial charge in [-0.3, -0.25) is 4.79 Å². The largest absolute Gasteiger partial charge is 1.00 e. The third-order valence-electron chi connectivity index (χ3n) is 5.64. The van der Waals surface area contributed by atoms with Crippen LogP contribution >= 0.6 is 0 Å². The van der Waals surface area contributed by atoms with Crippen molar-refractivity contribution in [3.8, 4) is 5.88 Å². The molecule has 0 amide bonds. The first-order chi connectivity index (χ1) is 15.7. The zero-order valence-corrected chi connectivity index (χ0v) is 21.7. The summed E-state index contributed by atoms with van der Waals surface area (Å²) in [4.78, 5) is 13.3. The average Bonchev–Trinajstić information content (AvgIpc) is 3.09. The SMILES string of the molecule is CCOCc1cc(C(=O)C[n+]2nc(N)n3nc(OC(CC)CC)ccc32)cc(C(C)(C)C)c1.[Cl-]. The number of carbonyl (C=O) groups is 1. The summed E-state index contributed by atoms with van der Waals surface area (Å²) in [5, 5.41) is 8.82. The molecule has 2 N–H and O–H groups in total. The van der Waals surface area contributed by atoms with Crippen LogP contribution in [0.3, 0.4) is 0 Å². The number of nitrogen functional groups attached to an aromatic ring is 1. The van der Waals surface area contributed by atoms with Gasteiger partial charge in [-0.15, -0.1) is 4.68 Å². The zero-order valence-electron chi connectivity index (χ0n) is 21.0. The Morgan fingerprint density at radius 3 is 2.47 bits per heavy atom. The summed E-state index contributed by atoms with van der Waals surface area (Å²) in [5.41, 5.74) is 9.34. The highest BCUT2D eigenvalue weighted by atomic mass is 35.5. The van der Waals surface area contributed by atoms with E-state index in [0.29, 0.717) is 30.3 Å². The maximum Gasteiger partial charge on any atom is 0.355 e. The van der Waals surface area contributed by atoms with Crippen LogP contribution in [-0.4, -0.2) is 33.2 Å². The smallest absolute Gasteiger partial charge is 0.355 e. The molecule has 8 nitrogen and oxygen atoms in total. The Hall–Kier alpha value is -2.71. The van der Waals surface area contributed by atoms with Gasteiger partial charge in [-0.1, -0.05) is 45.2 Å². The van der Waals surface area contributed by atoms with Crippen LogP contribution in [0.25, 0.3) is 5.65 Å². The van der Waals surface area contributed by atoms with Crippen LogP contribution in [0, 0.1) is 0 Å². The van der Waals surface area contributed by atoms with Gasteiger partial charge in [0.25, 0.3) is 5.88 Å². The minimum absolute atomic E-state index is 0. The molecule has 0 saturated carbocycles. The van der Waals surface area contributed by atoms with Crippen LogP contribution in [0.2, 0.25) is 0 Å². The summed E-state index contributed by atoms with van der Waals surface area (Å²) in [6.45, 7) is 13.6. The highest BCUT2D eigenvalue weighted by molar-refractivity contribution is 5.95. The van der Waals surface area contributed by atoms with Gasteiger partial charge in [0.1, 0.15) is 6.10 Å². The van der Waals surface area contributed by atoms with Gasteiger partial charge < -0.3 is 27.6 Å². The molecular formula is C25H36ClN5O3. The zero-order chi connectivity index (χ0) is 24.2. The Morgan fingerprint density at radius 1 is 1.15 bits per heavy atom. The molecule has 0 aliphatic rings. The summed E-state index contributed by atoms with van der Waals surface area (Å²) in [6.07, 6.45) is 1.88. The number of aromatic nitrogens is 4. The number of ketones is 1. The summed E-state index contributed by atoms with van der Waals surface area (Å²) >= 11 is 0. The van der Waals surface area contributed by atoms with Gasteiger partial charge in [0.2, 0.25) is 5.78 Å². The van der Waals surface area contributed by atoms with Crippen LogP contribution < -0.4 is 27.6 Å². The molecule has 2 heterocycles. The molecule has 0 aliphatic carbocycles. The first-order valence-corrected chi connectivity index (χ1v) is 11.6. The van der Waals surface area contributed by atoms with Gasteiger partial charge in [0, 0.05) is 24.3 Å². The second kappa shape index (κ2) is 11.6. The van der Waals surface area contributed by atoms with E-state index in [1.807, 2.05) is 25.1 Å². The standard InChI is InChI=1S/C25H36N5O3.ClH/c1-7-20(8-2)33-22-10-11-23-29(28-24(26)30(23)27-22)15-21(31)18-12-17(16-32-9-3)13-19(14-18)25(4,5)6;/h10-14,20H,7-9,15-16H2,1-6H3,(H2,26,28);1H/q+1;/p-1. The molecule has 9 heteroatoms. The van der Waals surface area contributed by atoms with Crippen molar-refractivity contribution in [2.45, 2.75) is 79.1 Å². The number of halogens is 1. The van der Waals surface area contributed by atoms with Gasteiger partial charge in [-0.25, -0.2) is 0 Å². The Morgan fingerprint density at radius 2 is 1.85 bits per heavy atom. The Bertz CT molecular complexity index is 1120. The van der Waals surface area contributed by atoms with Crippen LogP contribution in [-0.2, 0) is 23.3 Å². The van der Waals surface area contributed by atoms with E-state index in [2.05, 4.69) is 50.9 Å². The Labute approximate surface area is 207 Å². The molecule has 0 spiro atoms. The lowest BCUT2D eigenvalue weighted by Gasteiger charge is -2.21. The van der Waals surface area contributed by atoms with Gasteiger partial charge >= 0.3 is 11.6 Å². The van der Waals surface area contributed by atoms with E-state index in [4.69, 9.17) is 15.2 Å². The molecule has 0 bridgehead atoms. The summed E-state index contributed by atoms with van der Waals surface area (Å²) in [5.74, 6) is 0.631. The number of ether oxygens (including phenoxy) is 2. The maximum absolute atomic E-state index is 13.3. The fourth-order valence-corrected chi connectivity index (χ4v) is 3.60. The lowest BCUT2D eigenvalue weighted by atomic mass is 9.84. The molecule has 0 fully saturated rings. The molecule has 0 unspecified atom stereocenters. The van der Waals surface area contributed by atoms with Crippen molar-refractivity contribution < 1.29 is 31.4 Å². The molecule has 34 heavy (non-hydrogen) atoms. The highest BCUT2D eigenvalue weighted by Crippen LogP contribution is 2.25. The third kappa shape index (κ3) is 6.45. The maximum atomic E-state index is 13.3. The number of Topliss-reactive ketones (excluding diaryl/α,β-unsaturated/α-hetero) is 1. The van der Waals surface area contributed by atoms with Crippen molar-refractivity contribution in [1.82, 2.24) is 14.7 Å². The van der Waals surface area contributed by atoms with Crippen LogP contribution in [0.1, 0.15) is 75.9 Å². The van der Waals surface area contributed by atoms with Crippen molar-refractivity contribution >= 4 is 17.4 Å². The van der Waals surface area contributed by atoms with E-state index >= 15 is 0 Å². The van der Waals surface area contributed by atoms with Crippen molar-refractivity contribution in [1.29, 1.82) is 0 Å². The average molecular weight is 490 g/mol. The molecular weight excluding hydrogens is 454 g/mol. The summed E-state index contributed by atoms with van der Waals surface area (Å²) in [6, 6.07) is 9.58. The number of nitrogens with zero attached hydrogens (tertiary/aromatic N) is 4. The summed E-state index contributed by atoms with van der Waals surface area (Å²) < 4.78 is 14.6. The number of hydrogen-bond donors (Lipinski definition) is 1. The predicted molar refractivity (Wildman–Crippen MR) is 127 cm³/mol. The van der Waals surface area contributed by atoms with Crippen molar-refractivity contribution in [3.05, 3.63) is 47.0 Å². The van der Waals surface area contributed by atoms with Crippen LogP contribution in [0.15, 0.2) is 30.3 Å². The van der Waals surface area contributed by atoms with Gasteiger partial charge in [-0.05, 0) is 58.6 Å². The second-order valence-electron chi connectivity index (χ2n) is 9.24. The van der Waals surface area contributed by atoms with Crippen molar-refractivity contribution in [3.63, 3.8) is 0 Å². The summed E-state index contributed by atoms with van der Waals surface area (Å²) in [7, 11) is 0. The normalized spacial score (nSPS) is 11.6. The predicted octanol–water partition coefficient (Wildman–Crippen LogP) is 0.887. The Kier molecular flexibility index (Phi) is 9.41. The lowest BCUT2D eigenvalue weighted by Crippen LogP contribution is -3.00. The van der Waals surface area contributed by atoms with Gasteiger partial charge in [-0.2, -0.15) is 0 Å². The molecule has 186 valence electrons. The van der Waals surface area contributed by atoms with Crippen molar-refractivity contribution in [2.75, 3.05) is 12.3 Å². The fourth-order valence-electron chi connectivity index (χ4n) is 3.60. The molecule has 1 aromatic carbocycles. The van der Waals surface area contributed by atoms with E-state index in [-0.39, 0.29) is 42.2 Å². The number of hydrogen-bond acceptors (Lipinski definition) is 6. The minimum atomic E-state index is -0.0922. The molecule has 2 aromatic heterocycles. The van der Waals surface area contributed by atoms with Crippen LogP contribution in [0.4, 0.5) is 5.95 Å². The first-order valence-electron chi connectivity index (χ1n) is 11.6. The fraction of sp³-hybridized carbons (Fsp3) is 0.520. The minimum Gasteiger partial charge on any atom is -1.00 e. The topological polar surface area (TPSA) is 95.6 Å². The highest BCUT2D eigenvalue weighted by Gasteiger charge is 2.24. The number of nitrogens with two attached hydrogens (primary N) is 1. The monoisotopic (exact) mass is 489 g/mol. The van der Waals surface area contributed by atoms with E-state index in [1.54, 1.807) is 10.7 Å². The lowest BCUT2D eigenvalue weighted by molar-refractivity contribution is -0.714. The third-order valence-corrected chi connectivity index (χ3v) is 5.64. The van der Waals surface area contributed by atoms with E-state index in [1.165, 1.54) is 4.52 Å². The molecule has 0 radical (unpaired) electrons. The Balaban J connectivity index is 0.00000408. The molecule has 0 saturated heterocycles. The van der Waals surface area contributed by atoms with Gasteiger partial charge in [0.15, 0.2) is 6.54 Å². The van der Waals surface area contributed by atoms with Crippen molar-refractivity contribution in [2.24, 2.45) is 0 Å². The molecule has 0 atom stereocenters. The van der Waals surface area contributed by atoms with Crippen LogP contribution in [0.5, 0.6) is 5.88 Å². The number of fused-ring (bicyclic) bond motifs is 1. The van der Waals surface area contributed by atoms with Gasteiger partial charge in [0.05, 0.1) is 6.61 Å². The van der Waals surface area contributed by atoms with E-state index < -0.39 is 0 Å². The molecule has 3 rings (SSSR count). The van der Waals surface area contributed by atoms with E-state index in [0.717, 1.165) is 24.0 Å². The first kappa shape index (κ1) is 27.5. The second-order valence-corrected chi connectivity index (χ2v) is 9.24. The quantitative estimate of drug-likeness (QED) is 0.335. The number of carbonyl (C=O) groups excluding carboxylic acids is 1. The number of anilines is 1. The number of rotatable bonds is 10. The van der Waals surface area contributed by atoms with E-state index in [9.17, 15) is 4.79 Å². The number of benzene rings is 1. The molecule has 3 aromatic rings. The molecule has 0 aliphatic heterocycles.